The van der Waals surface area contributed by atoms with E-state index in [0.717, 1.165) is 17.3 Å². The van der Waals surface area contributed by atoms with E-state index in [-0.39, 0.29) is 27.5 Å². The number of carbonyl (C=O) groups excluding carboxylic acids is 1. The molecule has 1 amide bonds. The molecule has 4 N–H and O–H groups in total. The third-order valence-electron chi connectivity index (χ3n) is 4.45. The van der Waals surface area contributed by atoms with Crippen molar-refractivity contribution in [3.05, 3.63) is 82.9 Å². The zero-order chi connectivity index (χ0) is 22.6. The minimum Gasteiger partial charge on any atom is -0.504 e. The number of phenolic OH excluding ortho intramolecular Hbond substituents is 2. The maximum Gasteiger partial charge on any atom is 0.271 e. The summed E-state index contributed by atoms with van der Waals surface area (Å²) in [4.78, 5) is 12.3. The predicted molar refractivity (Wildman–Crippen MR) is 118 cm³/mol. The molecule has 0 aliphatic rings. The van der Waals surface area contributed by atoms with Crippen LogP contribution in [0.15, 0.2) is 70.7 Å². The van der Waals surface area contributed by atoms with Crippen LogP contribution >= 0.6 is 0 Å². The van der Waals surface area contributed by atoms with Crippen LogP contribution in [-0.2, 0) is 10.0 Å². The highest BCUT2D eigenvalue weighted by Gasteiger charge is 2.17. The van der Waals surface area contributed by atoms with E-state index < -0.39 is 15.9 Å². The predicted octanol–water partition coefficient (Wildman–Crippen LogP) is 3.28. The van der Waals surface area contributed by atoms with Gasteiger partial charge in [0.1, 0.15) is 0 Å². The molecule has 0 unspecified atom stereocenters. The summed E-state index contributed by atoms with van der Waals surface area (Å²) >= 11 is 0. The smallest absolute Gasteiger partial charge is 0.271 e. The van der Waals surface area contributed by atoms with Crippen LogP contribution in [0.3, 0.4) is 0 Å². The Bertz CT molecular complexity index is 1270. The van der Waals surface area contributed by atoms with Crippen molar-refractivity contribution in [2.24, 2.45) is 5.10 Å². The van der Waals surface area contributed by atoms with Gasteiger partial charge in [-0.25, -0.2) is 13.8 Å². The highest BCUT2D eigenvalue weighted by molar-refractivity contribution is 7.92. The first-order valence-electron chi connectivity index (χ1n) is 9.22. The summed E-state index contributed by atoms with van der Waals surface area (Å²) in [6.45, 7) is 3.72. The van der Waals surface area contributed by atoms with Crippen LogP contribution in [0.4, 0.5) is 5.69 Å². The number of nitrogens with one attached hydrogen (secondary N) is 2. The molecular formula is C22H21N3O5S. The summed E-state index contributed by atoms with van der Waals surface area (Å²) in [6, 6.07) is 15.2. The number of amides is 1. The van der Waals surface area contributed by atoms with Crippen LogP contribution in [0.1, 0.15) is 27.0 Å². The lowest BCUT2D eigenvalue weighted by atomic mass is 10.1. The first-order chi connectivity index (χ1) is 14.7. The number of hydrogen-bond donors (Lipinski definition) is 4. The molecule has 8 nitrogen and oxygen atoms in total. The fourth-order valence-electron chi connectivity index (χ4n) is 2.81. The maximum atomic E-state index is 12.8. The number of benzene rings is 3. The Labute approximate surface area is 179 Å². The molecule has 160 valence electrons. The molecule has 0 atom stereocenters. The Kier molecular flexibility index (Phi) is 6.26. The van der Waals surface area contributed by atoms with Gasteiger partial charge < -0.3 is 10.2 Å². The van der Waals surface area contributed by atoms with Gasteiger partial charge in [0.15, 0.2) is 11.5 Å². The number of sulfonamides is 1. The number of nitrogens with zero attached hydrogens (tertiary/aromatic N) is 1. The average molecular weight is 439 g/mol. The van der Waals surface area contributed by atoms with Gasteiger partial charge in [0, 0.05) is 11.1 Å². The summed E-state index contributed by atoms with van der Waals surface area (Å²) < 4.78 is 28.0. The van der Waals surface area contributed by atoms with E-state index in [4.69, 9.17) is 0 Å². The van der Waals surface area contributed by atoms with Crippen LogP contribution in [0.5, 0.6) is 11.5 Å². The number of para-hydroxylation sites is 1. The monoisotopic (exact) mass is 439 g/mol. The molecule has 0 spiro atoms. The van der Waals surface area contributed by atoms with Crippen molar-refractivity contribution >= 4 is 27.8 Å². The quantitative estimate of drug-likeness (QED) is 0.266. The average Bonchev–Trinajstić information content (AvgIpc) is 2.73. The SMILES string of the molecule is Cc1ccc(NS(=O)(=O)c2cccc(C(=O)NN=Cc3cccc(O)c3O)c2)c(C)c1. The Morgan fingerprint density at radius 2 is 1.74 bits per heavy atom. The largest absolute Gasteiger partial charge is 0.504 e. The molecule has 0 aromatic heterocycles. The molecule has 0 radical (unpaired) electrons. The van der Waals surface area contributed by atoms with Crippen LogP contribution in [0.25, 0.3) is 0 Å². The van der Waals surface area contributed by atoms with E-state index in [1.807, 2.05) is 13.0 Å². The summed E-state index contributed by atoms with van der Waals surface area (Å²) in [5.41, 5.74) is 4.79. The minimum atomic E-state index is -3.91. The lowest BCUT2D eigenvalue weighted by Crippen LogP contribution is -2.19. The van der Waals surface area contributed by atoms with Crippen molar-refractivity contribution in [2.75, 3.05) is 4.72 Å². The van der Waals surface area contributed by atoms with Gasteiger partial charge in [-0.3, -0.25) is 9.52 Å². The van der Waals surface area contributed by atoms with E-state index in [9.17, 15) is 23.4 Å². The van der Waals surface area contributed by atoms with Gasteiger partial charge >= 0.3 is 0 Å². The summed E-state index contributed by atoms with van der Waals surface area (Å²) in [7, 11) is -3.91. The first kappa shape index (κ1) is 21.8. The second kappa shape index (κ2) is 8.88. The van der Waals surface area contributed by atoms with Crippen molar-refractivity contribution < 1.29 is 23.4 Å². The van der Waals surface area contributed by atoms with Crippen molar-refractivity contribution in [1.29, 1.82) is 0 Å². The summed E-state index contributed by atoms with van der Waals surface area (Å²) in [5.74, 6) is -1.32. The highest BCUT2D eigenvalue weighted by Crippen LogP contribution is 2.26. The number of rotatable bonds is 6. The van der Waals surface area contributed by atoms with Crippen molar-refractivity contribution in [1.82, 2.24) is 5.43 Å². The molecule has 3 rings (SSSR count). The fourth-order valence-corrected chi connectivity index (χ4v) is 3.99. The number of aromatic hydroxyl groups is 2. The van der Waals surface area contributed by atoms with Crippen molar-refractivity contribution in [3.8, 4) is 11.5 Å². The molecule has 31 heavy (non-hydrogen) atoms. The van der Waals surface area contributed by atoms with Crippen LogP contribution in [-0.4, -0.2) is 30.8 Å². The van der Waals surface area contributed by atoms with E-state index >= 15 is 0 Å². The first-order valence-corrected chi connectivity index (χ1v) is 10.7. The molecule has 0 heterocycles. The van der Waals surface area contributed by atoms with Crippen LogP contribution < -0.4 is 10.1 Å². The zero-order valence-electron chi connectivity index (χ0n) is 16.8. The highest BCUT2D eigenvalue weighted by atomic mass is 32.2. The fraction of sp³-hybridized carbons (Fsp3) is 0.0909. The van der Waals surface area contributed by atoms with E-state index in [1.165, 1.54) is 42.5 Å². The summed E-state index contributed by atoms with van der Waals surface area (Å²) in [6.07, 6.45) is 1.16. The van der Waals surface area contributed by atoms with Gasteiger partial charge in [0.25, 0.3) is 15.9 Å². The molecule has 9 heteroatoms. The lowest BCUT2D eigenvalue weighted by Gasteiger charge is -2.12. The van der Waals surface area contributed by atoms with Gasteiger partial charge in [0.05, 0.1) is 16.8 Å². The van der Waals surface area contributed by atoms with E-state index in [2.05, 4.69) is 15.2 Å². The van der Waals surface area contributed by atoms with Crippen molar-refractivity contribution in [3.63, 3.8) is 0 Å². The van der Waals surface area contributed by atoms with Crippen LogP contribution in [0, 0.1) is 13.8 Å². The third kappa shape index (κ3) is 5.20. The van der Waals surface area contributed by atoms with Gasteiger partial charge in [-0.15, -0.1) is 0 Å². The van der Waals surface area contributed by atoms with Gasteiger partial charge in [0.2, 0.25) is 0 Å². The number of phenols is 2. The van der Waals surface area contributed by atoms with E-state index in [0.29, 0.717) is 5.69 Å². The third-order valence-corrected chi connectivity index (χ3v) is 5.81. The van der Waals surface area contributed by atoms with Gasteiger partial charge in [-0.1, -0.05) is 29.8 Å². The zero-order valence-corrected chi connectivity index (χ0v) is 17.6. The second-order valence-corrected chi connectivity index (χ2v) is 8.55. The molecule has 0 aliphatic heterocycles. The Balaban J connectivity index is 1.76. The summed E-state index contributed by atoms with van der Waals surface area (Å²) in [5, 5.41) is 22.9. The molecule has 3 aromatic carbocycles. The standard InChI is InChI=1S/C22H21N3O5S/c1-14-9-10-19(15(2)11-14)25-31(29,30)18-7-3-5-16(12-18)22(28)24-23-13-17-6-4-8-20(26)21(17)27/h3-13,25-27H,1-2H3,(H,24,28). The topological polar surface area (TPSA) is 128 Å². The van der Waals surface area contributed by atoms with Crippen molar-refractivity contribution in [2.45, 2.75) is 18.7 Å². The molecule has 0 saturated heterocycles. The van der Waals surface area contributed by atoms with Gasteiger partial charge in [-0.2, -0.15) is 5.10 Å². The Morgan fingerprint density at radius 3 is 2.48 bits per heavy atom. The normalized spacial score (nSPS) is 11.4. The van der Waals surface area contributed by atoms with Crippen LogP contribution in [0.2, 0.25) is 0 Å². The Hall–Kier alpha value is -3.85. The maximum absolute atomic E-state index is 12.8. The number of carbonyl (C=O) groups is 1. The number of aryl methyl sites for hydroxylation is 2. The molecule has 3 aromatic rings. The van der Waals surface area contributed by atoms with E-state index in [1.54, 1.807) is 19.1 Å². The molecule has 0 aliphatic carbocycles. The molecule has 0 bridgehead atoms. The second-order valence-electron chi connectivity index (χ2n) is 6.87. The number of hydrogen-bond acceptors (Lipinski definition) is 6. The molecule has 0 fully saturated rings. The number of hydrazone groups is 1. The van der Waals surface area contributed by atoms with Gasteiger partial charge in [-0.05, 0) is 55.8 Å². The lowest BCUT2D eigenvalue weighted by molar-refractivity contribution is 0.0955. The minimum absolute atomic E-state index is 0.0743. The Morgan fingerprint density at radius 1 is 1.00 bits per heavy atom. The molecule has 0 saturated carbocycles. The molecular weight excluding hydrogens is 418 g/mol. The number of anilines is 1.